The van der Waals surface area contributed by atoms with E-state index in [4.69, 9.17) is 14.2 Å². The van der Waals surface area contributed by atoms with Crippen LogP contribution in [0.25, 0.3) is 0 Å². The molecule has 0 fully saturated rings. The molecule has 0 aliphatic heterocycles. The Balaban J connectivity index is 2.10. The molecule has 0 radical (unpaired) electrons. The molecular formula is C17H21NO3. The number of methoxy groups -OCH3 is 3. The van der Waals surface area contributed by atoms with Gasteiger partial charge in [-0.1, -0.05) is 12.1 Å². The van der Waals surface area contributed by atoms with E-state index in [9.17, 15) is 0 Å². The third-order valence-corrected chi connectivity index (χ3v) is 3.21. The smallest absolute Gasteiger partial charge is 0.124 e. The summed E-state index contributed by atoms with van der Waals surface area (Å²) in [5.74, 6) is 1.66. The average molecular weight is 287 g/mol. The van der Waals surface area contributed by atoms with E-state index in [0.29, 0.717) is 13.2 Å². The molecule has 2 aromatic carbocycles. The highest BCUT2D eigenvalue weighted by molar-refractivity contribution is 5.48. The van der Waals surface area contributed by atoms with Gasteiger partial charge in [0.2, 0.25) is 0 Å². The second-order valence-corrected chi connectivity index (χ2v) is 4.66. The molecule has 0 unspecified atom stereocenters. The van der Waals surface area contributed by atoms with Crippen molar-refractivity contribution in [1.82, 2.24) is 0 Å². The van der Waals surface area contributed by atoms with Crippen molar-refractivity contribution in [2.75, 3.05) is 26.6 Å². The van der Waals surface area contributed by atoms with Crippen molar-refractivity contribution in [3.8, 4) is 11.5 Å². The van der Waals surface area contributed by atoms with Gasteiger partial charge in [-0.05, 0) is 35.9 Å². The molecule has 0 spiro atoms. The van der Waals surface area contributed by atoms with E-state index < -0.39 is 0 Å². The van der Waals surface area contributed by atoms with E-state index in [0.717, 1.165) is 28.3 Å². The molecule has 2 rings (SSSR count). The summed E-state index contributed by atoms with van der Waals surface area (Å²) in [5.41, 5.74) is 3.24. The van der Waals surface area contributed by atoms with Crippen LogP contribution < -0.4 is 14.8 Å². The fourth-order valence-electron chi connectivity index (χ4n) is 2.16. The Labute approximate surface area is 125 Å². The zero-order chi connectivity index (χ0) is 15.1. The molecule has 21 heavy (non-hydrogen) atoms. The van der Waals surface area contributed by atoms with Crippen molar-refractivity contribution in [3.05, 3.63) is 53.6 Å². The molecule has 0 heterocycles. The molecule has 0 amide bonds. The fourth-order valence-corrected chi connectivity index (χ4v) is 2.16. The van der Waals surface area contributed by atoms with Gasteiger partial charge in [0.25, 0.3) is 0 Å². The van der Waals surface area contributed by atoms with Crippen molar-refractivity contribution in [1.29, 1.82) is 0 Å². The number of hydrogen-bond donors (Lipinski definition) is 1. The third-order valence-electron chi connectivity index (χ3n) is 3.21. The number of benzene rings is 2. The first-order chi connectivity index (χ1) is 10.3. The lowest BCUT2D eigenvalue weighted by molar-refractivity contribution is 0.185. The van der Waals surface area contributed by atoms with Crippen LogP contribution in [-0.4, -0.2) is 21.3 Å². The third kappa shape index (κ3) is 4.13. The minimum atomic E-state index is 0.609. The summed E-state index contributed by atoms with van der Waals surface area (Å²) in [7, 11) is 5.03. The van der Waals surface area contributed by atoms with Crippen molar-refractivity contribution < 1.29 is 14.2 Å². The van der Waals surface area contributed by atoms with Gasteiger partial charge in [-0.2, -0.15) is 0 Å². The first-order valence-corrected chi connectivity index (χ1v) is 6.79. The Morgan fingerprint density at radius 2 is 1.81 bits per heavy atom. The van der Waals surface area contributed by atoms with Crippen LogP contribution in [0.15, 0.2) is 42.5 Å². The summed E-state index contributed by atoms with van der Waals surface area (Å²) in [6, 6.07) is 14.0. The Hall–Kier alpha value is -2.20. The summed E-state index contributed by atoms with van der Waals surface area (Å²) in [6.07, 6.45) is 0. The molecule has 1 N–H and O–H groups in total. The molecule has 0 bridgehead atoms. The lowest BCUT2D eigenvalue weighted by Crippen LogP contribution is -2.02. The number of anilines is 1. The minimum Gasteiger partial charge on any atom is -0.497 e. The highest BCUT2D eigenvalue weighted by atomic mass is 16.5. The highest BCUT2D eigenvalue weighted by Crippen LogP contribution is 2.25. The van der Waals surface area contributed by atoms with Crippen LogP contribution in [0.3, 0.4) is 0 Å². The Bertz CT molecular complexity index is 584. The van der Waals surface area contributed by atoms with Crippen LogP contribution in [0.5, 0.6) is 11.5 Å². The van der Waals surface area contributed by atoms with Crippen molar-refractivity contribution >= 4 is 5.69 Å². The van der Waals surface area contributed by atoms with E-state index in [2.05, 4.69) is 11.4 Å². The second-order valence-electron chi connectivity index (χ2n) is 4.66. The highest BCUT2D eigenvalue weighted by Gasteiger charge is 2.05. The molecule has 112 valence electrons. The Morgan fingerprint density at radius 3 is 2.52 bits per heavy atom. The molecule has 0 aliphatic carbocycles. The molecular weight excluding hydrogens is 266 g/mol. The van der Waals surface area contributed by atoms with Crippen molar-refractivity contribution in [2.24, 2.45) is 0 Å². The van der Waals surface area contributed by atoms with Gasteiger partial charge in [-0.15, -0.1) is 0 Å². The lowest BCUT2D eigenvalue weighted by atomic mass is 10.1. The van der Waals surface area contributed by atoms with Gasteiger partial charge in [0.1, 0.15) is 11.5 Å². The monoisotopic (exact) mass is 287 g/mol. The number of ether oxygens (including phenoxy) is 3. The number of hydrogen-bond acceptors (Lipinski definition) is 4. The van der Waals surface area contributed by atoms with E-state index in [1.807, 2.05) is 36.4 Å². The first kappa shape index (κ1) is 15.2. The van der Waals surface area contributed by atoms with E-state index >= 15 is 0 Å². The Kier molecular flexibility index (Phi) is 5.46. The maximum absolute atomic E-state index is 5.38. The zero-order valence-corrected chi connectivity index (χ0v) is 12.7. The van der Waals surface area contributed by atoms with Crippen LogP contribution in [-0.2, 0) is 17.9 Å². The summed E-state index contributed by atoms with van der Waals surface area (Å²) in [4.78, 5) is 0. The normalized spacial score (nSPS) is 10.2. The van der Waals surface area contributed by atoms with Gasteiger partial charge in [0.05, 0.1) is 20.8 Å². The largest absolute Gasteiger partial charge is 0.497 e. The van der Waals surface area contributed by atoms with Gasteiger partial charge < -0.3 is 19.5 Å². The summed E-state index contributed by atoms with van der Waals surface area (Å²) in [6.45, 7) is 1.27. The summed E-state index contributed by atoms with van der Waals surface area (Å²) < 4.78 is 15.8. The SMILES string of the molecule is COCc1cccc(NCc2cc(OC)ccc2OC)c1. The molecule has 0 aliphatic rings. The average Bonchev–Trinajstić information content (AvgIpc) is 2.53. The fraction of sp³-hybridized carbons (Fsp3) is 0.294. The van der Waals surface area contributed by atoms with E-state index in [-0.39, 0.29) is 0 Å². The van der Waals surface area contributed by atoms with E-state index in [1.54, 1.807) is 21.3 Å². The maximum atomic E-state index is 5.38. The predicted octanol–water partition coefficient (Wildman–Crippen LogP) is 3.46. The van der Waals surface area contributed by atoms with E-state index in [1.165, 1.54) is 0 Å². The zero-order valence-electron chi connectivity index (χ0n) is 12.7. The van der Waals surface area contributed by atoms with Gasteiger partial charge in [-0.3, -0.25) is 0 Å². The van der Waals surface area contributed by atoms with Gasteiger partial charge in [0, 0.05) is 24.9 Å². The maximum Gasteiger partial charge on any atom is 0.124 e. The molecule has 4 nitrogen and oxygen atoms in total. The summed E-state index contributed by atoms with van der Waals surface area (Å²) in [5, 5.41) is 3.39. The molecule has 4 heteroatoms. The number of nitrogens with one attached hydrogen (secondary N) is 1. The van der Waals surface area contributed by atoms with Crippen molar-refractivity contribution in [2.45, 2.75) is 13.2 Å². The molecule has 0 saturated heterocycles. The molecule has 2 aromatic rings. The standard InChI is InChI=1S/C17H21NO3/c1-19-12-13-5-4-6-15(9-13)18-11-14-10-16(20-2)7-8-17(14)21-3/h4-10,18H,11-12H2,1-3H3. The predicted molar refractivity (Wildman–Crippen MR) is 84.0 cm³/mol. The van der Waals surface area contributed by atoms with Gasteiger partial charge >= 0.3 is 0 Å². The molecule has 0 saturated carbocycles. The van der Waals surface area contributed by atoms with Crippen LogP contribution in [0, 0.1) is 0 Å². The Morgan fingerprint density at radius 1 is 0.952 bits per heavy atom. The second kappa shape index (κ2) is 7.55. The number of rotatable bonds is 7. The van der Waals surface area contributed by atoms with Crippen LogP contribution in [0.4, 0.5) is 5.69 Å². The van der Waals surface area contributed by atoms with Crippen LogP contribution >= 0.6 is 0 Å². The quantitative estimate of drug-likeness (QED) is 0.846. The molecule has 0 aromatic heterocycles. The van der Waals surface area contributed by atoms with Gasteiger partial charge in [0.15, 0.2) is 0 Å². The first-order valence-electron chi connectivity index (χ1n) is 6.79. The molecule has 0 atom stereocenters. The summed E-state index contributed by atoms with van der Waals surface area (Å²) >= 11 is 0. The minimum absolute atomic E-state index is 0.609. The topological polar surface area (TPSA) is 39.7 Å². The lowest BCUT2D eigenvalue weighted by Gasteiger charge is -2.13. The van der Waals surface area contributed by atoms with Crippen LogP contribution in [0.2, 0.25) is 0 Å². The van der Waals surface area contributed by atoms with Crippen molar-refractivity contribution in [3.63, 3.8) is 0 Å². The van der Waals surface area contributed by atoms with Gasteiger partial charge in [-0.25, -0.2) is 0 Å². The van der Waals surface area contributed by atoms with Crippen LogP contribution in [0.1, 0.15) is 11.1 Å².